The average molecular weight is 398 g/mol. The number of imidazole rings is 1. The van der Waals surface area contributed by atoms with Crippen LogP contribution in [0.3, 0.4) is 0 Å². The molecule has 8 N–H and O–H groups in total. The highest BCUT2D eigenvalue weighted by molar-refractivity contribution is 5.90. The molecule has 28 heavy (non-hydrogen) atoms. The molecule has 13 nitrogen and oxygen atoms in total. The van der Waals surface area contributed by atoms with Crippen molar-refractivity contribution in [1.29, 1.82) is 0 Å². The molecule has 2 unspecified atom stereocenters. The first-order valence-electron chi connectivity index (χ1n) is 8.20. The summed E-state index contributed by atoms with van der Waals surface area (Å²) in [7, 11) is 0. The summed E-state index contributed by atoms with van der Waals surface area (Å²) in [6.07, 6.45) is 2.41. The molecule has 1 aromatic heterocycles. The lowest BCUT2D eigenvalue weighted by Gasteiger charge is -2.14. The van der Waals surface area contributed by atoms with Gasteiger partial charge in [-0.05, 0) is 6.42 Å². The second-order valence-electron chi connectivity index (χ2n) is 5.77. The van der Waals surface area contributed by atoms with Crippen LogP contribution in [0.4, 0.5) is 0 Å². The number of aromatic amines is 1. The average Bonchev–Trinajstić information content (AvgIpc) is 3.14. The van der Waals surface area contributed by atoms with Gasteiger partial charge in [-0.1, -0.05) is 0 Å². The van der Waals surface area contributed by atoms with Gasteiger partial charge in [0.05, 0.1) is 25.5 Å². The maximum absolute atomic E-state index is 11.8. The molecular weight excluding hydrogens is 376 g/mol. The molecule has 13 heteroatoms. The number of H-pyrrole nitrogens is 1. The number of carbonyl (C=O) groups is 5. The molecule has 0 bridgehead atoms. The lowest BCUT2D eigenvalue weighted by atomic mass is 10.1. The number of carboxylic acid groups (broad SMARTS) is 2. The third-order valence-corrected chi connectivity index (χ3v) is 3.49. The van der Waals surface area contributed by atoms with Crippen LogP contribution in [0.25, 0.3) is 0 Å². The fraction of sp³-hybridized carbons (Fsp3) is 0.467. The van der Waals surface area contributed by atoms with Crippen molar-refractivity contribution in [3.63, 3.8) is 0 Å². The lowest BCUT2D eigenvalue weighted by molar-refractivity contribution is -0.141. The maximum atomic E-state index is 11.8. The minimum atomic E-state index is -1.25. The van der Waals surface area contributed by atoms with Gasteiger partial charge in [-0.3, -0.25) is 19.2 Å². The number of rotatable bonds is 12. The predicted molar refractivity (Wildman–Crippen MR) is 92.7 cm³/mol. The van der Waals surface area contributed by atoms with Crippen molar-refractivity contribution in [2.45, 2.75) is 31.3 Å². The van der Waals surface area contributed by atoms with E-state index in [1.54, 1.807) is 0 Å². The Balaban J connectivity index is 2.32. The number of nitrogens with two attached hydrogens (primary N) is 1. The quantitative estimate of drug-likeness (QED) is 0.190. The molecule has 0 saturated heterocycles. The molecule has 0 fully saturated rings. The van der Waals surface area contributed by atoms with Gasteiger partial charge in [0.2, 0.25) is 17.7 Å². The molecule has 1 heterocycles. The van der Waals surface area contributed by atoms with Crippen LogP contribution in [-0.2, 0) is 30.4 Å². The van der Waals surface area contributed by atoms with E-state index < -0.39 is 54.8 Å². The van der Waals surface area contributed by atoms with E-state index in [2.05, 4.69) is 25.9 Å². The van der Waals surface area contributed by atoms with Gasteiger partial charge in [0, 0.05) is 24.7 Å². The first-order valence-corrected chi connectivity index (χ1v) is 8.20. The summed E-state index contributed by atoms with van der Waals surface area (Å²) in [6.45, 7) is -0.962. The van der Waals surface area contributed by atoms with Crippen LogP contribution >= 0.6 is 0 Å². The zero-order valence-corrected chi connectivity index (χ0v) is 14.8. The van der Waals surface area contributed by atoms with Crippen LogP contribution in [0.15, 0.2) is 12.5 Å². The Bertz CT molecular complexity index is 706. The van der Waals surface area contributed by atoms with Crippen LogP contribution in [-0.4, -0.2) is 75.0 Å². The molecule has 1 aromatic rings. The van der Waals surface area contributed by atoms with Crippen molar-refractivity contribution in [2.75, 3.05) is 13.1 Å². The topological polar surface area (TPSA) is 217 Å². The molecule has 0 aromatic carbocycles. The first kappa shape index (κ1) is 22.6. The minimum absolute atomic E-state index is 0.0146. The Hall–Kier alpha value is -3.48. The van der Waals surface area contributed by atoms with Crippen molar-refractivity contribution >= 4 is 29.7 Å². The normalized spacial score (nSPS) is 12.5. The molecule has 0 saturated carbocycles. The molecule has 0 aliphatic carbocycles. The van der Waals surface area contributed by atoms with E-state index in [1.807, 2.05) is 0 Å². The lowest BCUT2D eigenvalue weighted by Crippen LogP contribution is -2.49. The zero-order chi connectivity index (χ0) is 21.1. The monoisotopic (exact) mass is 398 g/mol. The van der Waals surface area contributed by atoms with E-state index in [1.165, 1.54) is 12.5 Å². The number of nitrogens with zero attached hydrogens (tertiary/aromatic N) is 1. The summed E-state index contributed by atoms with van der Waals surface area (Å²) in [6, 6.07) is -2.29. The standard InChI is InChI=1S/C15H22N6O7/c16-9(1-2-13(24)25)14(26)19-5-11(22)18-6-12(23)21-10(15(27)28)3-8-4-17-7-20-8/h4,7,9-10H,1-3,5-6,16H2,(H,17,20)(H,18,22)(H,19,26)(H,21,23)(H,24,25)(H,27,28). The second-order valence-corrected chi connectivity index (χ2v) is 5.77. The molecule has 0 aliphatic heterocycles. The van der Waals surface area contributed by atoms with Gasteiger partial charge >= 0.3 is 11.9 Å². The van der Waals surface area contributed by atoms with Gasteiger partial charge < -0.3 is 36.9 Å². The fourth-order valence-corrected chi connectivity index (χ4v) is 2.01. The molecular formula is C15H22N6O7. The molecule has 0 spiro atoms. The van der Waals surface area contributed by atoms with Gasteiger partial charge in [-0.25, -0.2) is 9.78 Å². The number of aliphatic carboxylic acids is 2. The molecule has 0 radical (unpaired) electrons. The van der Waals surface area contributed by atoms with Crippen LogP contribution < -0.4 is 21.7 Å². The fourth-order valence-electron chi connectivity index (χ4n) is 2.01. The number of hydrogen-bond acceptors (Lipinski definition) is 7. The van der Waals surface area contributed by atoms with Gasteiger partial charge in [0.25, 0.3) is 0 Å². The SMILES string of the molecule is NC(CCC(=O)O)C(=O)NCC(=O)NCC(=O)NC(Cc1cnc[nH]1)C(=O)O. The van der Waals surface area contributed by atoms with Crippen LogP contribution in [0.2, 0.25) is 0 Å². The molecule has 3 amide bonds. The van der Waals surface area contributed by atoms with E-state index in [0.29, 0.717) is 5.69 Å². The maximum Gasteiger partial charge on any atom is 0.326 e. The third-order valence-electron chi connectivity index (χ3n) is 3.49. The number of nitrogens with one attached hydrogen (secondary N) is 4. The number of carbonyl (C=O) groups excluding carboxylic acids is 3. The van der Waals surface area contributed by atoms with Crippen molar-refractivity contribution in [2.24, 2.45) is 5.73 Å². The number of aromatic nitrogens is 2. The Kier molecular flexibility index (Phi) is 9.09. The smallest absolute Gasteiger partial charge is 0.326 e. The summed E-state index contributed by atoms with van der Waals surface area (Å²) in [5.74, 6) is -4.48. The van der Waals surface area contributed by atoms with Crippen molar-refractivity contribution < 1.29 is 34.2 Å². The van der Waals surface area contributed by atoms with E-state index >= 15 is 0 Å². The second kappa shape index (κ2) is 11.3. The van der Waals surface area contributed by atoms with Crippen LogP contribution in [0, 0.1) is 0 Å². The predicted octanol–water partition coefficient (Wildman–Crippen LogP) is -3.05. The highest BCUT2D eigenvalue weighted by Gasteiger charge is 2.21. The Morgan fingerprint density at radius 1 is 1.11 bits per heavy atom. The summed E-state index contributed by atoms with van der Waals surface area (Å²) in [5.41, 5.74) is 5.99. The van der Waals surface area contributed by atoms with Gasteiger partial charge in [0.15, 0.2) is 0 Å². The number of hydrogen-bond donors (Lipinski definition) is 7. The third kappa shape index (κ3) is 8.75. The van der Waals surface area contributed by atoms with E-state index in [4.69, 9.17) is 15.9 Å². The van der Waals surface area contributed by atoms with Gasteiger partial charge in [-0.15, -0.1) is 0 Å². The van der Waals surface area contributed by atoms with Gasteiger partial charge in [-0.2, -0.15) is 0 Å². The molecule has 0 aliphatic rings. The van der Waals surface area contributed by atoms with Gasteiger partial charge in [0.1, 0.15) is 6.04 Å². The summed E-state index contributed by atoms with van der Waals surface area (Å²) in [4.78, 5) is 63.2. The van der Waals surface area contributed by atoms with E-state index in [9.17, 15) is 24.0 Å². The number of amides is 3. The van der Waals surface area contributed by atoms with Crippen LogP contribution in [0.5, 0.6) is 0 Å². The Labute approximate surface area is 159 Å². The first-order chi connectivity index (χ1) is 13.2. The molecule has 1 rings (SSSR count). The summed E-state index contributed by atoms with van der Waals surface area (Å²) in [5, 5.41) is 24.3. The van der Waals surface area contributed by atoms with Crippen molar-refractivity contribution in [3.05, 3.63) is 18.2 Å². The largest absolute Gasteiger partial charge is 0.481 e. The van der Waals surface area contributed by atoms with E-state index in [-0.39, 0.29) is 19.3 Å². The molecule has 2 atom stereocenters. The van der Waals surface area contributed by atoms with Crippen molar-refractivity contribution in [3.8, 4) is 0 Å². The highest BCUT2D eigenvalue weighted by Crippen LogP contribution is 1.98. The van der Waals surface area contributed by atoms with Crippen LogP contribution in [0.1, 0.15) is 18.5 Å². The minimum Gasteiger partial charge on any atom is -0.481 e. The highest BCUT2D eigenvalue weighted by atomic mass is 16.4. The Morgan fingerprint density at radius 2 is 1.79 bits per heavy atom. The summed E-state index contributed by atoms with van der Waals surface area (Å²) >= 11 is 0. The van der Waals surface area contributed by atoms with E-state index in [0.717, 1.165) is 0 Å². The molecule has 154 valence electrons. The number of carboxylic acids is 2. The zero-order valence-electron chi connectivity index (χ0n) is 14.8. The summed E-state index contributed by atoms with van der Waals surface area (Å²) < 4.78 is 0. The Morgan fingerprint density at radius 3 is 2.36 bits per heavy atom. The van der Waals surface area contributed by atoms with Crippen molar-refractivity contribution in [1.82, 2.24) is 25.9 Å².